The standard InChI is InChI=1S/C10H4I2/c11-9-3-1-7-5-10(12)4-2-8(7)6-9/h1,3,5-6H. The van der Waals surface area contributed by atoms with E-state index in [9.17, 15) is 0 Å². The van der Waals surface area contributed by atoms with E-state index in [-0.39, 0.29) is 0 Å². The average molecular weight is 378 g/mol. The van der Waals surface area contributed by atoms with E-state index in [1.165, 1.54) is 8.96 Å². The SMILES string of the molecule is Ic1c#cc2cc(I)ccc2c1. The van der Waals surface area contributed by atoms with Gasteiger partial charge in [0.15, 0.2) is 0 Å². The normalized spacial score (nSPS) is 9.83. The lowest BCUT2D eigenvalue weighted by atomic mass is 10.2. The van der Waals surface area contributed by atoms with Gasteiger partial charge in [-0.15, -0.1) is 0 Å². The number of halogens is 2. The molecule has 58 valence electrons. The van der Waals surface area contributed by atoms with Gasteiger partial charge in [0.1, 0.15) is 0 Å². The first-order chi connectivity index (χ1) is 5.75. The third-order valence-electron chi connectivity index (χ3n) is 1.61. The number of hydrogen-bond acceptors (Lipinski definition) is 0. The fourth-order valence-corrected chi connectivity index (χ4v) is 2.02. The van der Waals surface area contributed by atoms with Gasteiger partial charge in [-0.05, 0) is 68.8 Å². The molecule has 0 spiro atoms. The Hall–Kier alpha value is -0.0200. The van der Waals surface area contributed by atoms with Crippen molar-refractivity contribution in [2.45, 2.75) is 0 Å². The molecule has 12 heavy (non-hydrogen) atoms. The lowest BCUT2D eigenvalue weighted by Gasteiger charge is -1.94. The fourth-order valence-electron chi connectivity index (χ4n) is 1.06. The molecule has 0 saturated heterocycles. The van der Waals surface area contributed by atoms with E-state index in [0.29, 0.717) is 0 Å². The van der Waals surface area contributed by atoms with Gasteiger partial charge in [-0.25, -0.2) is 0 Å². The Morgan fingerprint density at radius 1 is 1.00 bits per heavy atom. The van der Waals surface area contributed by atoms with Crippen LogP contribution in [0.1, 0.15) is 0 Å². The van der Waals surface area contributed by atoms with Gasteiger partial charge in [0.25, 0.3) is 0 Å². The van der Waals surface area contributed by atoms with E-state index < -0.39 is 0 Å². The Morgan fingerprint density at radius 3 is 2.67 bits per heavy atom. The first kappa shape index (κ1) is 8.57. The Balaban J connectivity index is 2.79. The van der Waals surface area contributed by atoms with Gasteiger partial charge in [-0.3, -0.25) is 0 Å². The van der Waals surface area contributed by atoms with Gasteiger partial charge in [-0.2, -0.15) is 0 Å². The number of fused-ring (bicyclic) bond motifs is 1. The topological polar surface area (TPSA) is 0 Å². The summed E-state index contributed by atoms with van der Waals surface area (Å²) in [5.74, 6) is 0. The molecule has 2 rings (SSSR count). The molecule has 0 amide bonds. The zero-order valence-electron chi connectivity index (χ0n) is 6.07. The predicted octanol–water partition coefficient (Wildman–Crippen LogP) is 3.65. The molecule has 0 aliphatic carbocycles. The monoisotopic (exact) mass is 378 g/mol. The smallest absolute Gasteiger partial charge is 0.0605 e. The lowest BCUT2D eigenvalue weighted by molar-refractivity contribution is 1.69. The van der Waals surface area contributed by atoms with Crippen molar-refractivity contribution in [2.24, 2.45) is 0 Å². The van der Waals surface area contributed by atoms with E-state index >= 15 is 0 Å². The highest BCUT2D eigenvalue weighted by molar-refractivity contribution is 14.1. The summed E-state index contributed by atoms with van der Waals surface area (Å²) in [6.45, 7) is 0. The summed E-state index contributed by atoms with van der Waals surface area (Å²) in [6.07, 6.45) is 0. The molecule has 0 unspecified atom stereocenters. The summed E-state index contributed by atoms with van der Waals surface area (Å²) < 4.78 is 2.35. The number of benzene rings is 1. The molecule has 2 aromatic carbocycles. The van der Waals surface area contributed by atoms with Crippen LogP contribution in [0.25, 0.3) is 10.8 Å². The van der Waals surface area contributed by atoms with E-state index in [1.54, 1.807) is 0 Å². The molecule has 0 N–H and O–H groups in total. The Bertz CT molecular complexity index is 380. The van der Waals surface area contributed by atoms with Crippen LogP contribution in [-0.4, -0.2) is 0 Å². The van der Waals surface area contributed by atoms with Crippen molar-refractivity contribution in [2.75, 3.05) is 0 Å². The maximum atomic E-state index is 3.12. The van der Waals surface area contributed by atoms with Crippen molar-refractivity contribution in [1.82, 2.24) is 0 Å². The summed E-state index contributed by atoms with van der Waals surface area (Å²) in [5.41, 5.74) is 0. The maximum Gasteiger partial charge on any atom is 0.0639 e. The van der Waals surface area contributed by atoms with Crippen molar-refractivity contribution in [3.63, 3.8) is 0 Å². The van der Waals surface area contributed by atoms with Crippen LogP contribution in [0.2, 0.25) is 0 Å². The van der Waals surface area contributed by atoms with Crippen LogP contribution in [0, 0.1) is 19.3 Å². The quantitative estimate of drug-likeness (QED) is 0.615. The largest absolute Gasteiger partial charge is 0.0639 e. The summed E-state index contributed by atoms with van der Waals surface area (Å²) in [4.78, 5) is 0. The van der Waals surface area contributed by atoms with Crippen LogP contribution in [0.15, 0.2) is 24.3 Å². The summed E-state index contributed by atoms with van der Waals surface area (Å²) in [5, 5.41) is 2.38. The van der Waals surface area contributed by atoms with E-state index in [0.717, 1.165) is 8.96 Å². The molecular formula is C10H4I2. The van der Waals surface area contributed by atoms with Crippen LogP contribution in [0.5, 0.6) is 0 Å². The van der Waals surface area contributed by atoms with Gasteiger partial charge in [0.2, 0.25) is 0 Å². The van der Waals surface area contributed by atoms with E-state index in [2.05, 4.69) is 81.6 Å². The van der Waals surface area contributed by atoms with Crippen molar-refractivity contribution in [1.29, 1.82) is 0 Å². The number of hydrogen-bond donors (Lipinski definition) is 0. The van der Waals surface area contributed by atoms with Gasteiger partial charge >= 0.3 is 0 Å². The zero-order chi connectivity index (χ0) is 8.55. The molecule has 0 aliphatic heterocycles. The van der Waals surface area contributed by atoms with Crippen molar-refractivity contribution in [3.05, 3.63) is 43.5 Å². The van der Waals surface area contributed by atoms with Gasteiger partial charge in [0, 0.05) is 8.96 Å². The first-order valence-corrected chi connectivity index (χ1v) is 5.60. The van der Waals surface area contributed by atoms with Crippen LogP contribution in [-0.2, 0) is 0 Å². The maximum absolute atomic E-state index is 3.12. The molecule has 0 heterocycles. The molecule has 0 fully saturated rings. The molecule has 0 nitrogen and oxygen atoms in total. The molecule has 2 heteroatoms. The van der Waals surface area contributed by atoms with Gasteiger partial charge in [0.05, 0.1) is 3.57 Å². The van der Waals surface area contributed by atoms with Crippen molar-refractivity contribution < 1.29 is 0 Å². The average Bonchev–Trinajstić information content (AvgIpc) is 2.05. The summed E-state index contributed by atoms with van der Waals surface area (Å²) in [7, 11) is 0. The van der Waals surface area contributed by atoms with Gasteiger partial charge < -0.3 is 0 Å². The molecule has 0 aromatic heterocycles. The molecule has 0 bridgehead atoms. The minimum atomic E-state index is 1.11. The fraction of sp³-hybridized carbons (Fsp3) is 0. The van der Waals surface area contributed by atoms with Crippen LogP contribution in [0.3, 0.4) is 0 Å². The Kier molecular flexibility index (Phi) is 2.42. The molecule has 0 atom stereocenters. The van der Waals surface area contributed by atoms with Crippen molar-refractivity contribution >= 4 is 56.0 Å². The van der Waals surface area contributed by atoms with E-state index in [1.807, 2.05) is 0 Å². The molecule has 2 aromatic rings. The van der Waals surface area contributed by atoms with Gasteiger partial charge in [-0.1, -0.05) is 18.2 Å². The Morgan fingerprint density at radius 2 is 1.83 bits per heavy atom. The molecular weight excluding hydrogens is 374 g/mol. The molecule has 0 aliphatic rings. The van der Waals surface area contributed by atoms with Crippen LogP contribution < -0.4 is 0 Å². The van der Waals surface area contributed by atoms with Crippen LogP contribution >= 0.6 is 45.2 Å². The second kappa shape index (κ2) is 3.38. The summed E-state index contributed by atoms with van der Waals surface area (Å²) in [6, 6.07) is 14.6. The highest BCUT2D eigenvalue weighted by atomic mass is 127. The first-order valence-electron chi connectivity index (χ1n) is 3.44. The summed E-state index contributed by atoms with van der Waals surface area (Å²) >= 11 is 4.55. The van der Waals surface area contributed by atoms with Crippen LogP contribution in [0.4, 0.5) is 0 Å². The minimum absolute atomic E-state index is 1.11. The minimum Gasteiger partial charge on any atom is -0.0605 e. The predicted molar refractivity (Wildman–Crippen MR) is 67.1 cm³/mol. The highest BCUT2D eigenvalue weighted by Gasteiger charge is 1.93. The second-order valence-corrected chi connectivity index (χ2v) is 4.88. The third-order valence-corrected chi connectivity index (χ3v) is 2.87. The lowest BCUT2D eigenvalue weighted by Crippen LogP contribution is -1.74. The highest BCUT2D eigenvalue weighted by Crippen LogP contribution is 2.16. The molecule has 0 saturated carbocycles. The van der Waals surface area contributed by atoms with E-state index in [4.69, 9.17) is 0 Å². The Labute approximate surface area is 98.6 Å². The zero-order valence-corrected chi connectivity index (χ0v) is 10.4. The second-order valence-electron chi connectivity index (χ2n) is 2.47. The molecule has 0 radical (unpaired) electrons. The van der Waals surface area contributed by atoms with Crippen molar-refractivity contribution in [3.8, 4) is 0 Å². The third kappa shape index (κ3) is 1.67. The number of rotatable bonds is 0.